The van der Waals surface area contributed by atoms with E-state index in [0.29, 0.717) is 17.2 Å². The van der Waals surface area contributed by atoms with Gasteiger partial charge in [-0.15, -0.1) is 0 Å². The highest BCUT2D eigenvalue weighted by molar-refractivity contribution is 14.1. The van der Waals surface area contributed by atoms with E-state index in [1.54, 1.807) is 12.1 Å². The van der Waals surface area contributed by atoms with Crippen LogP contribution in [0.4, 0.5) is 5.69 Å². The smallest absolute Gasteiger partial charge is 0.295 e. The minimum Gasteiger partial charge on any atom is -0.457 e. The molecule has 2 rings (SSSR count). The molecular formula is C12H9IN2O2+. The van der Waals surface area contributed by atoms with Gasteiger partial charge in [0.25, 0.3) is 5.69 Å². The van der Waals surface area contributed by atoms with Crippen LogP contribution in [0.3, 0.4) is 0 Å². The maximum Gasteiger partial charge on any atom is 0.295 e. The van der Waals surface area contributed by atoms with Crippen molar-refractivity contribution in [2.45, 2.75) is 0 Å². The van der Waals surface area contributed by atoms with Crippen LogP contribution in [-0.4, -0.2) is 4.87 Å². The molecule has 0 aliphatic rings. The first-order valence-corrected chi connectivity index (χ1v) is 5.89. The molecule has 0 heterocycles. The van der Waals surface area contributed by atoms with Crippen LogP contribution in [0.1, 0.15) is 0 Å². The van der Waals surface area contributed by atoms with Crippen LogP contribution in [-0.2, 0) is 0 Å². The predicted molar refractivity (Wildman–Crippen MR) is 72.0 cm³/mol. The van der Waals surface area contributed by atoms with Crippen molar-refractivity contribution in [3.05, 3.63) is 57.0 Å². The van der Waals surface area contributed by atoms with Gasteiger partial charge in [0.05, 0.1) is 11.0 Å². The first-order valence-electron chi connectivity index (χ1n) is 4.82. The summed E-state index contributed by atoms with van der Waals surface area (Å²) in [5.41, 5.74) is 0.299. The molecule has 0 saturated carbocycles. The van der Waals surface area contributed by atoms with Crippen molar-refractivity contribution in [2.24, 2.45) is 5.84 Å². The normalized spacial score (nSPS) is 9.94. The molecule has 2 aromatic carbocycles. The molecule has 85 valence electrons. The van der Waals surface area contributed by atoms with Crippen molar-refractivity contribution in [3.63, 3.8) is 0 Å². The van der Waals surface area contributed by atoms with Crippen LogP contribution in [0.25, 0.3) is 0 Å². The van der Waals surface area contributed by atoms with E-state index in [0.717, 1.165) is 3.57 Å². The number of ether oxygens (including phenoxy) is 1. The molecule has 0 bridgehead atoms. The molecule has 2 N–H and O–H groups in total. The Morgan fingerprint density at radius 1 is 1.18 bits per heavy atom. The molecule has 2 aromatic rings. The Kier molecular flexibility index (Phi) is 3.58. The second-order valence-electron chi connectivity index (χ2n) is 3.31. The summed E-state index contributed by atoms with van der Waals surface area (Å²) in [7, 11) is 0. The second-order valence-corrected chi connectivity index (χ2v) is 4.55. The zero-order valence-corrected chi connectivity index (χ0v) is 10.9. The number of hydrogen-bond acceptors (Lipinski definition) is 2. The van der Waals surface area contributed by atoms with Crippen molar-refractivity contribution in [2.75, 3.05) is 0 Å². The van der Waals surface area contributed by atoms with Crippen LogP contribution in [0.2, 0.25) is 0 Å². The van der Waals surface area contributed by atoms with Gasteiger partial charge in [-0.25, -0.2) is 0 Å². The molecule has 0 saturated heterocycles. The minimum absolute atomic E-state index is 0.275. The zero-order valence-electron chi connectivity index (χ0n) is 8.76. The van der Waals surface area contributed by atoms with E-state index < -0.39 is 0 Å². The lowest BCUT2D eigenvalue weighted by atomic mass is 10.3. The first-order chi connectivity index (χ1) is 8.15. The Morgan fingerprint density at radius 3 is 2.53 bits per heavy atom. The molecule has 0 aliphatic carbocycles. The van der Waals surface area contributed by atoms with Gasteiger partial charge < -0.3 is 4.74 Å². The van der Waals surface area contributed by atoms with Crippen molar-refractivity contribution < 1.29 is 9.61 Å². The van der Waals surface area contributed by atoms with E-state index in [-0.39, 0.29) is 4.87 Å². The molecule has 0 aromatic heterocycles. The molecule has 0 aliphatic heterocycles. The Morgan fingerprint density at radius 2 is 1.88 bits per heavy atom. The molecule has 0 atom stereocenters. The fourth-order valence-corrected chi connectivity index (χ4v) is 1.62. The lowest BCUT2D eigenvalue weighted by Crippen LogP contribution is -2.08. The van der Waals surface area contributed by atoms with Gasteiger partial charge in [-0.1, -0.05) is 0 Å². The molecule has 0 unspecified atom stereocenters. The number of nitrogens with zero attached hydrogens (tertiary/aromatic N) is 1. The minimum atomic E-state index is 0.275. The van der Waals surface area contributed by atoms with Crippen LogP contribution in [0.5, 0.6) is 11.5 Å². The summed E-state index contributed by atoms with van der Waals surface area (Å²) in [4.78, 5) is 11.2. The second kappa shape index (κ2) is 5.13. The molecular weight excluding hydrogens is 331 g/mol. The van der Waals surface area contributed by atoms with Crippen LogP contribution in [0.15, 0.2) is 42.5 Å². The Labute approximate surface area is 112 Å². The van der Waals surface area contributed by atoms with Crippen molar-refractivity contribution in [1.82, 2.24) is 0 Å². The average molecular weight is 340 g/mol. The van der Waals surface area contributed by atoms with E-state index in [9.17, 15) is 4.91 Å². The van der Waals surface area contributed by atoms with Crippen molar-refractivity contribution in [1.29, 1.82) is 0 Å². The van der Waals surface area contributed by atoms with Crippen LogP contribution >= 0.6 is 22.6 Å². The maximum absolute atomic E-state index is 10.9. The summed E-state index contributed by atoms with van der Waals surface area (Å²) in [5.74, 6) is 6.32. The summed E-state index contributed by atoms with van der Waals surface area (Å²) >= 11 is 2.22. The number of benzene rings is 2. The van der Waals surface area contributed by atoms with Gasteiger partial charge in [-0.3, -0.25) is 0 Å². The lowest BCUT2D eigenvalue weighted by molar-refractivity contribution is -0.474. The Bertz CT molecular complexity index is 540. The van der Waals surface area contributed by atoms with Gasteiger partial charge in [0.1, 0.15) is 11.5 Å². The molecule has 4 nitrogen and oxygen atoms in total. The third kappa shape index (κ3) is 3.16. The van der Waals surface area contributed by atoms with E-state index in [4.69, 9.17) is 10.6 Å². The third-order valence-electron chi connectivity index (χ3n) is 2.05. The largest absolute Gasteiger partial charge is 0.457 e. The topological polar surface area (TPSA) is 55.3 Å². The molecule has 5 heteroatoms. The number of hydrazine groups is 1. The summed E-state index contributed by atoms with van der Waals surface area (Å²) in [5, 5.41) is 0. The van der Waals surface area contributed by atoms with E-state index in [1.165, 1.54) is 6.07 Å². The summed E-state index contributed by atoms with van der Waals surface area (Å²) in [6.07, 6.45) is 0. The maximum atomic E-state index is 10.9. The van der Waals surface area contributed by atoms with Gasteiger partial charge in [0, 0.05) is 9.64 Å². The van der Waals surface area contributed by atoms with E-state index in [2.05, 4.69) is 28.7 Å². The van der Waals surface area contributed by atoms with Gasteiger partial charge in [-0.05, 0) is 59.0 Å². The molecule has 17 heavy (non-hydrogen) atoms. The van der Waals surface area contributed by atoms with Gasteiger partial charge in [-0.2, -0.15) is 5.84 Å². The predicted octanol–water partition coefficient (Wildman–Crippen LogP) is 3.17. The quantitative estimate of drug-likeness (QED) is 0.404. The number of nitroso groups, excluding NO2 is 1. The highest BCUT2D eigenvalue weighted by atomic mass is 127. The van der Waals surface area contributed by atoms with Crippen molar-refractivity contribution >= 4 is 28.3 Å². The first kappa shape index (κ1) is 11.8. The van der Waals surface area contributed by atoms with Gasteiger partial charge >= 0.3 is 0 Å². The number of hydrogen-bond donors (Lipinski definition) is 1. The average Bonchev–Trinajstić information content (AvgIpc) is 2.32. The van der Waals surface area contributed by atoms with Crippen LogP contribution in [0, 0.1) is 14.5 Å². The highest BCUT2D eigenvalue weighted by Gasteiger charge is 2.09. The fraction of sp³-hybridized carbons (Fsp3) is 0. The Balaban J connectivity index is 2.21. The highest BCUT2D eigenvalue weighted by Crippen LogP contribution is 2.24. The third-order valence-corrected chi connectivity index (χ3v) is 2.77. The molecule has 0 amide bonds. The molecule has 1 radical (unpaired) electrons. The lowest BCUT2D eigenvalue weighted by Gasteiger charge is -2.04. The van der Waals surface area contributed by atoms with Crippen LogP contribution < -0.4 is 10.6 Å². The summed E-state index contributed by atoms with van der Waals surface area (Å²) in [6, 6.07) is 15.1. The number of nitrogens with two attached hydrogens (primary N) is 1. The Hall–Kier alpha value is -1.63. The zero-order chi connectivity index (χ0) is 12.3. The van der Waals surface area contributed by atoms with Gasteiger partial charge in [0.2, 0.25) is 0 Å². The molecule has 0 fully saturated rings. The summed E-state index contributed by atoms with van der Waals surface area (Å²) < 4.78 is 6.70. The van der Waals surface area contributed by atoms with Gasteiger partial charge in [0.15, 0.2) is 4.87 Å². The number of halogens is 1. The SMILES string of the molecule is N[N+](=O)c1c[c]cc(Oc2ccc(I)cc2)c1. The van der Waals surface area contributed by atoms with Crippen molar-refractivity contribution in [3.8, 4) is 11.5 Å². The van der Waals surface area contributed by atoms with E-state index >= 15 is 0 Å². The number of rotatable bonds is 3. The fourth-order valence-electron chi connectivity index (χ4n) is 1.26. The summed E-state index contributed by atoms with van der Waals surface area (Å²) in [6.45, 7) is 0. The standard InChI is InChI=1S/C12H9IN2O2/c13-9-4-6-11(7-5-9)17-12-3-1-2-10(8-12)15(14)16/h2-8H,(H2,14,16)/q+1. The van der Waals surface area contributed by atoms with E-state index in [1.807, 2.05) is 24.3 Å². The monoisotopic (exact) mass is 340 g/mol. The molecule has 0 spiro atoms.